The number of ether oxygens (including phenoxy) is 2. The van der Waals surface area contributed by atoms with E-state index in [0.29, 0.717) is 29.2 Å². The fourth-order valence-electron chi connectivity index (χ4n) is 4.56. The van der Waals surface area contributed by atoms with Gasteiger partial charge in [0, 0.05) is 24.7 Å². The molecule has 2 unspecified atom stereocenters. The maximum Gasteiger partial charge on any atom is 0.232 e. The Kier molecular flexibility index (Phi) is 6.82. The highest BCUT2D eigenvalue weighted by Crippen LogP contribution is 2.44. The molecule has 1 fully saturated rings. The van der Waals surface area contributed by atoms with E-state index in [0.717, 1.165) is 0 Å². The van der Waals surface area contributed by atoms with Crippen LogP contribution in [0.25, 0.3) is 0 Å². The van der Waals surface area contributed by atoms with Crippen LogP contribution in [0.4, 0.5) is 15.8 Å². The number of methoxy groups -OCH3 is 2. The summed E-state index contributed by atoms with van der Waals surface area (Å²) in [5, 5.41) is 0. The number of nitrogens with zero attached hydrogens (tertiary/aromatic N) is 2. The van der Waals surface area contributed by atoms with E-state index in [-0.39, 0.29) is 23.9 Å². The normalized spacial score (nSPS) is 17.9. The Labute approximate surface area is 198 Å². The van der Waals surface area contributed by atoms with E-state index in [4.69, 9.17) is 9.47 Å². The van der Waals surface area contributed by atoms with Crippen LogP contribution in [-0.4, -0.2) is 33.1 Å². The zero-order chi connectivity index (χ0) is 24.2. The molecule has 0 aromatic heterocycles. The number of hydrogen-bond acceptors (Lipinski definition) is 4. The first kappa shape index (κ1) is 23.3. The molecule has 0 saturated carbocycles. The van der Waals surface area contributed by atoms with Gasteiger partial charge < -0.3 is 19.3 Å². The van der Waals surface area contributed by atoms with Crippen LogP contribution >= 0.6 is 0 Å². The van der Waals surface area contributed by atoms with E-state index >= 15 is 0 Å². The van der Waals surface area contributed by atoms with Gasteiger partial charge in [-0.05, 0) is 48.9 Å². The van der Waals surface area contributed by atoms with Gasteiger partial charge in [0.2, 0.25) is 11.8 Å². The monoisotopic (exact) mass is 462 g/mol. The molecule has 4 rings (SSSR count). The van der Waals surface area contributed by atoms with Crippen LogP contribution in [0.2, 0.25) is 0 Å². The van der Waals surface area contributed by atoms with Crippen molar-refractivity contribution in [2.75, 3.05) is 31.1 Å². The Hall–Kier alpha value is -3.87. The topological polar surface area (TPSA) is 59.1 Å². The average molecular weight is 463 g/mol. The Morgan fingerprint density at radius 1 is 0.971 bits per heavy atom. The predicted octanol–water partition coefficient (Wildman–Crippen LogP) is 4.99. The Bertz CT molecular complexity index is 1180. The molecule has 0 bridgehead atoms. The molecule has 1 aliphatic heterocycles. The highest BCUT2D eigenvalue weighted by Gasteiger charge is 2.44. The standard InChI is InChI=1S/C27H27FN2O4/c1-29(23-10-6-5-9-22(23)28)27(32)21-16-17-25(31)30(18-12-14-19(33-2)15-13-18)26(21)20-8-4-7-11-24(20)34-3/h4-15,21,26H,16-17H2,1-3H3. The fourth-order valence-corrected chi connectivity index (χ4v) is 4.56. The molecule has 0 N–H and O–H groups in total. The van der Waals surface area contributed by atoms with Gasteiger partial charge in [0.25, 0.3) is 0 Å². The number of rotatable bonds is 6. The average Bonchev–Trinajstić information content (AvgIpc) is 2.88. The van der Waals surface area contributed by atoms with Crippen LogP contribution in [0.15, 0.2) is 72.8 Å². The molecular weight excluding hydrogens is 435 g/mol. The van der Waals surface area contributed by atoms with E-state index in [1.54, 1.807) is 68.6 Å². The summed E-state index contributed by atoms with van der Waals surface area (Å²) in [5.74, 6) is -0.224. The molecule has 34 heavy (non-hydrogen) atoms. The third-order valence-corrected chi connectivity index (χ3v) is 6.27. The summed E-state index contributed by atoms with van der Waals surface area (Å²) in [4.78, 5) is 30.0. The van der Waals surface area contributed by atoms with Crippen molar-refractivity contribution >= 4 is 23.2 Å². The summed E-state index contributed by atoms with van der Waals surface area (Å²) >= 11 is 0. The summed E-state index contributed by atoms with van der Waals surface area (Å²) in [6, 6.07) is 20.0. The predicted molar refractivity (Wildman–Crippen MR) is 129 cm³/mol. The first-order valence-electron chi connectivity index (χ1n) is 11.1. The first-order chi connectivity index (χ1) is 16.5. The largest absolute Gasteiger partial charge is 0.497 e. The van der Waals surface area contributed by atoms with Crippen LogP contribution in [0.3, 0.4) is 0 Å². The number of carbonyl (C=O) groups excluding carboxylic acids is 2. The molecule has 0 radical (unpaired) electrons. The minimum Gasteiger partial charge on any atom is -0.497 e. The SMILES string of the molecule is COc1ccc(N2C(=O)CCC(C(=O)N(C)c3ccccc3F)C2c2ccccc2OC)cc1. The lowest BCUT2D eigenvalue weighted by atomic mass is 9.82. The Morgan fingerprint density at radius 2 is 1.65 bits per heavy atom. The molecule has 1 heterocycles. The zero-order valence-corrected chi connectivity index (χ0v) is 19.4. The molecule has 0 spiro atoms. The van der Waals surface area contributed by atoms with Crippen LogP contribution in [0, 0.1) is 11.7 Å². The second-order valence-electron chi connectivity index (χ2n) is 8.14. The van der Waals surface area contributed by atoms with Crippen molar-refractivity contribution in [2.45, 2.75) is 18.9 Å². The number of hydrogen-bond donors (Lipinski definition) is 0. The first-order valence-corrected chi connectivity index (χ1v) is 11.1. The van der Waals surface area contributed by atoms with E-state index in [9.17, 15) is 14.0 Å². The van der Waals surface area contributed by atoms with E-state index in [2.05, 4.69) is 0 Å². The van der Waals surface area contributed by atoms with Gasteiger partial charge in [-0.1, -0.05) is 30.3 Å². The third kappa shape index (κ3) is 4.33. The second kappa shape index (κ2) is 9.95. The van der Waals surface area contributed by atoms with Crippen LogP contribution in [-0.2, 0) is 9.59 Å². The van der Waals surface area contributed by atoms with E-state index < -0.39 is 17.8 Å². The molecule has 1 aliphatic rings. The van der Waals surface area contributed by atoms with Gasteiger partial charge in [-0.15, -0.1) is 0 Å². The number of benzene rings is 3. The molecule has 6 nitrogen and oxygen atoms in total. The quantitative estimate of drug-likeness (QED) is 0.518. The van der Waals surface area contributed by atoms with Gasteiger partial charge in [0.15, 0.2) is 0 Å². The molecule has 3 aromatic rings. The van der Waals surface area contributed by atoms with Crippen molar-refractivity contribution in [2.24, 2.45) is 5.92 Å². The number of amides is 2. The van der Waals surface area contributed by atoms with Crippen molar-refractivity contribution in [1.82, 2.24) is 0 Å². The molecule has 176 valence electrons. The summed E-state index contributed by atoms with van der Waals surface area (Å²) < 4.78 is 25.4. The van der Waals surface area contributed by atoms with Gasteiger partial charge in [0.05, 0.1) is 31.9 Å². The van der Waals surface area contributed by atoms with Gasteiger partial charge in [0.1, 0.15) is 17.3 Å². The van der Waals surface area contributed by atoms with Gasteiger partial charge in [-0.2, -0.15) is 0 Å². The molecular formula is C27H27FN2O4. The van der Waals surface area contributed by atoms with Crippen molar-refractivity contribution in [1.29, 1.82) is 0 Å². The number of carbonyl (C=O) groups is 2. The third-order valence-electron chi connectivity index (χ3n) is 6.27. The minimum atomic E-state index is -0.632. The molecule has 3 aromatic carbocycles. The summed E-state index contributed by atoms with van der Waals surface area (Å²) in [6.45, 7) is 0. The van der Waals surface area contributed by atoms with Crippen molar-refractivity contribution in [3.63, 3.8) is 0 Å². The van der Waals surface area contributed by atoms with Crippen molar-refractivity contribution in [3.8, 4) is 11.5 Å². The van der Waals surface area contributed by atoms with E-state index in [1.807, 2.05) is 24.3 Å². The lowest BCUT2D eigenvalue weighted by Gasteiger charge is -2.42. The van der Waals surface area contributed by atoms with Crippen LogP contribution in [0.1, 0.15) is 24.4 Å². The maximum absolute atomic E-state index is 14.5. The van der Waals surface area contributed by atoms with Crippen LogP contribution in [0.5, 0.6) is 11.5 Å². The number of piperidine rings is 1. The summed E-state index contributed by atoms with van der Waals surface area (Å²) in [6.07, 6.45) is 0.533. The summed E-state index contributed by atoms with van der Waals surface area (Å²) in [5.41, 5.74) is 1.56. The highest BCUT2D eigenvalue weighted by atomic mass is 19.1. The smallest absolute Gasteiger partial charge is 0.232 e. The van der Waals surface area contributed by atoms with Crippen molar-refractivity contribution in [3.05, 3.63) is 84.2 Å². The lowest BCUT2D eigenvalue weighted by molar-refractivity contribution is -0.127. The molecule has 2 atom stereocenters. The van der Waals surface area contributed by atoms with Crippen molar-refractivity contribution < 1.29 is 23.5 Å². The molecule has 7 heteroatoms. The molecule has 1 saturated heterocycles. The number of halogens is 1. The van der Waals surface area contributed by atoms with E-state index in [1.165, 1.54) is 11.0 Å². The second-order valence-corrected chi connectivity index (χ2v) is 8.14. The number of para-hydroxylation sites is 2. The lowest BCUT2D eigenvalue weighted by Crippen LogP contribution is -2.49. The van der Waals surface area contributed by atoms with Gasteiger partial charge >= 0.3 is 0 Å². The molecule has 2 amide bonds. The maximum atomic E-state index is 14.5. The fraction of sp³-hybridized carbons (Fsp3) is 0.259. The Morgan fingerprint density at radius 3 is 2.32 bits per heavy atom. The summed E-state index contributed by atoms with van der Waals surface area (Å²) in [7, 11) is 4.70. The Balaban J connectivity index is 1.82. The van der Waals surface area contributed by atoms with Gasteiger partial charge in [-0.3, -0.25) is 9.59 Å². The van der Waals surface area contributed by atoms with Gasteiger partial charge in [-0.25, -0.2) is 4.39 Å². The number of anilines is 2. The molecule has 0 aliphatic carbocycles. The highest BCUT2D eigenvalue weighted by molar-refractivity contribution is 6.01. The zero-order valence-electron chi connectivity index (χ0n) is 19.4. The minimum absolute atomic E-state index is 0.0985. The van der Waals surface area contributed by atoms with Crippen LogP contribution < -0.4 is 19.3 Å².